The summed E-state index contributed by atoms with van der Waals surface area (Å²) >= 11 is 3.58. The average molecular weight is 344 g/mol. The van der Waals surface area contributed by atoms with Crippen LogP contribution >= 0.6 is 15.9 Å². The molecule has 0 fully saturated rings. The summed E-state index contributed by atoms with van der Waals surface area (Å²) in [6, 6.07) is 6.83. The van der Waals surface area contributed by atoms with Crippen LogP contribution in [0.5, 0.6) is 0 Å². The fraction of sp³-hybridized carbons (Fsp3) is 0.353. The van der Waals surface area contributed by atoms with Crippen LogP contribution in [0.1, 0.15) is 43.0 Å². The van der Waals surface area contributed by atoms with E-state index in [1.165, 1.54) is 28.6 Å². The maximum Gasteiger partial charge on any atom is 0.121 e. The van der Waals surface area contributed by atoms with Crippen LogP contribution in [0.4, 0.5) is 0 Å². The molecule has 0 spiro atoms. The predicted octanol–water partition coefficient (Wildman–Crippen LogP) is 4.60. The molecule has 1 aromatic carbocycles. The van der Waals surface area contributed by atoms with Crippen molar-refractivity contribution >= 4 is 33.0 Å². The summed E-state index contributed by atoms with van der Waals surface area (Å²) < 4.78 is 1.14. The first-order chi connectivity index (χ1) is 10.3. The Hall–Kier alpha value is -1.55. The van der Waals surface area contributed by atoms with Crippen molar-refractivity contribution in [1.82, 2.24) is 10.3 Å². The van der Waals surface area contributed by atoms with Crippen molar-refractivity contribution in [2.75, 3.05) is 0 Å². The molecule has 0 saturated carbocycles. The lowest BCUT2D eigenvalue weighted by molar-refractivity contribution is 0.488. The lowest BCUT2D eigenvalue weighted by atomic mass is 9.91. The normalized spacial score (nSPS) is 21.2. The first kappa shape index (κ1) is 13.1. The number of aromatic nitrogens is 1. The second-order valence-electron chi connectivity index (χ2n) is 5.77. The minimum atomic E-state index is 0.349. The van der Waals surface area contributed by atoms with Crippen LogP contribution in [0.2, 0.25) is 0 Å². The van der Waals surface area contributed by atoms with Gasteiger partial charge in [0.15, 0.2) is 0 Å². The van der Waals surface area contributed by atoms with Gasteiger partial charge in [-0.15, -0.1) is 0 Å². The zero-order chi connectivity index (χ0) is 14.2. The fourth-order valence-corrected chi connectivity index (χ4v) is 3.73. The van der Waals surface area contributed by atoms with E-state index in [0.717, 1.165) is 36.0 Å². The molecule has 1 aliphatic heterocycles. The van der Waals surface area contributed by atoms with Crippen LogP contribution in [0, 0.1) is 0 Å². The van der Waals surface area contributed by atoms with Gasteiger partial charge in [-0.05, 0) is 61.9 Å². The van der Waals surface area contributed by atoms with Gasteiger partial charge in [0.1, 0.15) is 5.82 Å². The minimum Gasteiger partial charge on any atom is -0.362 e. The molecule has 1 unspecified atom stereocenters. The van der Waals surface area contributed by atoms with Gasteiger partial charge in [-0.1, -0.05) is 15.9 Å². The zero-order valence-electron chi connectivity index (χ0n) is 11.8. The third kappa shape index (κ3) is 2.42. The minimum absolute atomic E-state index is 0.349. The van der Waals surface area contributed by atoms with E-state index in [1.54, 1.807) is 0 Å². The van der Waals surface area contributed by atoms with Gasteiger partial charge in [-0.25, -0.2) is 4.99 Å². The van der Waals surface area contributed by atoms with E-state index in [0.29, 0.717) is 6.04 Å². The van der Waals surface area contributed by atoms with Gasteiger partial charge in [0, 0.05) is 27.3 Å². The summed E-state index contributed by atoms with van der Waals surface area (Å²) in [6.45, 7) is 0. The summed E-state index contributed by atoms with van der Waals surface area (Å²) in [5, 5.41) is 4.96. The number of hydrogen-bond donors (Lipinski definition) is 2. The van der Waals surface area contributed by atoms with Gasteiger partial charge in [-0.2, -0.15) is 0 Å². The molecule has 2 aliphatic rings. The number of benzene rings is 1. The summed E-state index contributed by atoms with van der Waals surface area (Å²) in [5.74, 6) is 1.03. The van der Waals surface area contributed by atoms with Gasteiger partial charge in [0.25, 0.3) is 0 Å². The molecule has 2 heterocycles. The first-order valence-electron chi connectivity index (χ1n) is 7.60. The summed E-state index contributed by atoms with van der Waals surface area (Å²) in [4.78, 5) is 8.09. The zero-order valence-corrected chi connectivity index (χ0v) is 13.4. The molecule has 1 aliphatic carbocycles. The first-order valence-corrected chi connectivity index (χ1v) is 8.40. The number of aromatic amines is 1. The maximum absolute atomic E-state index is 4.47. The molecule has 2 N–H and O–H groups in total. The average Bonchev–Trinajstić information content (AvgIpc) is 2.88. The summed E-state index contributed by atoms with van der Waals surface area (Å²) in [6.07, 6.45) is 9.90. The Bertz CT molecular complexity index is 742. The standard InChI is InChI=1S/C17H18BrN3/c18-11-7-8-14-13(10-11)12-4-3-5-15(17(12)21-14)20-16-6-1-2-9-19-16/h6-10,15,20-21H,1-5H2. The Balaban J connectivity index is 1.72. The molecular weight excluding hydrogens is 326 g/mol. The Morgan fingerprint density at radius 1 is 1.29 bits per heavy atom. The molecule has 1 atom stereocenters. The smallest absolute Gasteiger partial charge is 0.121 e. The van der Waals surface area contributed by atoms with Crippen LogP contribution in [-0.2, 0) is 6.42 Å². The quantitative estimate of drug-likeness (QED) is 0.821. The van der Waals surface area contributed by atoms with Gasteiger partial charge in [0.2, 0.25) is 0 Å². The lowest BCUT2D eigenvalue weighted by Gasteiger charge is -2.25. The topological polar surface area (TPSA) is 40.2 Å². The molecule has 0 radical (unpaired) electrons. The molecule has 21 heavy (non-hydrogen) atoms. The molecule has 3 nitrogen and oxygen atoms in total. The number of fused-ring (bicyclic) bond motifs is 3. The highest BCUT2D eigenvalue weighted by molar-refractivity contribution is 9.10. The van der Waals surface area contributed by atoms with Crippen LogP contribution < -0.4 is 5.32 Å². The van der Waals surface area contributed by atoms with E-state index in [2.05, 4.69) is 55.5 Å². The number of allylic oxidation sites excluding steroid dienone is 1. The molecule has 0 bridgehead atoms. The fourth-order valence-electron chi connectivity index (χ4n) is 3.36. The van der Waals surface area contributed by atoms with E-state index in [-0.39, 0.29) is 0 Å². The number of H-pyrrole nitrogens is 1. The van der Waals surface area contributed by atoms with Crippen molar-refractivity contribution in [2.45, 2.75) is 38.1 Å². The highest BCUT2D eigenvalue weighted by Crippen LogP contribution is 2.36. The molecule has 0 amide bonds. The van der Waals surface area contributed by atoms with Crippen LogP contribution in [0.25, 0.3) is 10.9 Å². The number of rotatable bonds is 2. The molecule has 4 rings (SSSR count). The summed E-state index contributed by atoms with van der Waals surface area (Å²) in [5.41, 5.74) is 4.05. The molecule has 2 aromatic rings. The van der Waals surface area contributed by atoms with E-state index in [4.69, 9.17) is 0 Å². The Kier molecular flexibility index (Phi) is 3.34. The van der Waals surface area contributed by atoms with Crippen LogP contribution in [0.3, 0.4) is 0 Å². The predicted molar refractivity (Wildman–Crippen MR) is 90.6 cm³/mol. The second kappa shape index (κ2) is 5.34. The van der Waals surface area contributed by atoms with E-state index >= 15 is 0 Å². The van der Waals surface area contributed by atoms with E-state index in [9.17, 15) is 0 Å². The monoisotopic (exact) mass is 343 g/mol. The lowest BCUT2D eigenvalue weighted by Crippen LogP contribution is -2.24. The third-order valence-corrected chi connectivity index (χ3v) is 4.85. The van der Waals surface area contributed by atoms with Crippen LogP contribution in [0.15, 0.2) is 39.6 Å². The molecule has 1 aromatic heterocycles. The molecule has 0 saturated heterocycles. The largest absolute Gasteiger partial charge is 0.362 e. The number of halogens is 1. The SMILES string of the molecule is Brc1ccc2[nH]c3c(c2c1)CCCC3NC1=CCCC=N1. The van der Waals surface area contributed by atoms with Gasteiger partial charge < -0.3 is 10.3 Å². The third-order valence-electron chi connectivity index (χ3n) is 4.36. The van der Waals surface area contributed by atoms with Crippen molar-refractivity contribution in [2.24, 2.45) is 4.99 Å². The Morgan fingerprint density at radius 3 is 3.10 bits per heavy atom. The number of hydrogen-bond acceptors (Lipinski definition) is 2. The number of aryl methyl sites for hydroxylation is 1. The van der Waals surface area contributed by atoms with Crippen molar-refractivity contribution in [3.63, 3.8) is 0 Å². The number of nitrogens with one attached hydrogen (secondary N) is 2. The van der Waals surface area contributed by atoms with Crippen LogP contribution in [-0.4, -0.2) is 11.2 Å². The molecule has 108 valence electrons. The maximum atomic E-state index is 4.47. The van der Waals surface area contributed by atoms with Gasteiger partial charge in [-0.3, -0.25) is 0 Å². The Labute approximate surface area is 132 Å². The highest BCUT2D eigenvalue weighted by Gasteiger charge is 2.24. The highest BCUT2D eigenvalue weighted by atomic mass is 79.9. The molecular formula is C17H18BrN3. The van der Waals surface area contributed by atoms with Gasteiger partial charge >= 0.3 is 0 Å². The second-order valence-corrected chi connectivity index (χ2v) is 6.69. The number of nitrogens with zero attached hydrogens (tertiary/aromatic N) is 1. The number of aliphatic imine (C=N–C) groups is 1. The van der Waals surface area contributed by atoms with E-state index < -0.39 is 0 Å². The van der Waals surface area contributed by atoms with Crippen molar-refractivity contribution in [3.8, 4) is 0 Å². The summed E-state index contributed by atoms with van der Waals surface area (Å²) in [7, 11) is 0. The van der Waals surface area contributed by atoms with Crippen molar-refractivity contribution in [3.05, 3.63) is 45.8 Å². The van der Waals surface area contributed by atoms with Gasteiger partial charge in [0.05, 0.1) is 6.04 Å². The van der Waals surface area contributed by atoms with E-state index in [1.807, 2.05) is 6.21 Å². The van der Waals surface area contributed by atoms with Crippen molar-refractivity contribution in [1.29, 1.82) is 0 Å². The molecule has 4 heteroatoms. The van der Waals surface area contributed by atoms with Crippen molar-refractivity contribution < 1.29 is 0 Å². The Morgan fingerprint density at radius 2 is 2.24 bits per heavy atom.